The van der Waals surface area contributed by atoms with Crippen LogP contribution in [0.3, 0.4) is 0 Å². The molecule has 1 amide bonds. The van der Waals surface area contributed by atoms with Crippen molar-refractivity contribution in [2.45, 2.75) is 38.1 Å². The van der Waals surface area contributed by atoms with Crippen molar-refractivity contribution in [2.75, 3.05) is 26.2 Å². The minimum atomic E-state index is -5.08. The first-order valence-corrected chi connectivity index (χ1v) is 8.94. The predicted octanol–water partition coefficient (Wildman–Crippen LogP) is 1.34. The van der Waals surface area contributed by atoms with E-state index in [1.807, 2.05) is 0 Å². The Bertz CT molecular complexity index is 660. The first-order chi connectivity index (χ1) is 13.2. The Kier molecular flexibility index (Phi) is 7.69. The van der Waals surface area contributed by atoms with Gasteiger partial charge in [0.15, 0.2) is 0 Å². The Morgan fingerprint density at radius 1 is 1.36 bits per heavy atom. The Balaban J connectivity index is 0.000000345. The van der Waals surface area contributed by atoms with Gasteiger partial charge in [-0.2, -0.15) is 23.4 Å². The smallest absolute Gasteiger partial charge is 0.475 e. The first-order valence-electron chi connectivity index (χ1n) is 8.94. The number of carboxylic acids is 1. The van der Waals surface area contributed by atoms with Crippen molar-refractivity contribution in [1.82, 2.24) is 20.4 Å². The predicted molar refractivity (Wildman–Crippen MR) is 91.6 cm³/mol. The lowest BCUT2D eigenvalue weighted by Gasteiger charge is -2.45. The van der Waals surface area contributed by atoms with E-state index in [0.29, 0.717) is 11.5 Å². The molecule has 156 valence electrons. The molecule has 1 aromatic heterocycles. The van der Waals surface area contributed by atoms with E-state index in [1.54, 1.807) is 6.07 Å². The van der Waals surface area contributed by atoms with Gasteiger partial charge in [0.25, 0.3) is 5.91 Å². The van der Waals surface area contributed by atoms with Crippen molar-refractivity contribution in [3.8, 4) is 0 Å². The third-order valence-electron chi connectivity index (χ3n) is 4.69. The maximum atomic E-state index is 12.3. The lowest BCUT2D eigenvalue weighted by molar-refractivity contribution is -0.192. The third kappa shape index (κ3) is 6.13. The van der Waals surface area contributed by atoms with Gasteiger partial charge in [0, 0.05) is 19.7 Å². The number of hydrogen-bond acceptors (Lipinski definition) is 6. The number of halogens is 3. The van der Waals surface area contributed by atoms with Gasteiger partial charge in [-0.25, -0.2) is 4.79 Å². The number of alkyl halides is 3. The van der Waals surface area contributed by atoms with Crippen LogP contribution in [0.2, 0.25) is 0 Å². The largest absolute Gasteiger partial charge is 0.490 e. The van der Waals surface area contributed by atoms with Gasteiger partial charge in [-0.15, -0.1) is 0 Å². The number of likely N-dealkylation sites (tertiary alicyclic amines) is 1. The van der Waals surface area contributed by atoms with Gasteiger partial charge in [-0.05, 0) is 31.4 Å². The van der Waals surface area contributed by atoms with E-state index in [-0.39, 0.29) is 18.1 Å². The summed E-state index contributed by atoms with van der Waals surface area (Å²) in [6.07, 6.45) is 0.390. The second kappa shape index (κ2) is 9.78. The lowest BCUT2D eigenvalue weighted by atomic mass is 9.85. The summed E-state index contributed by atoms with van der Waals surface area (Å²) in [5.74, 6) is -2.33. The quantitative estimate of drug-likeness (QED) is 0.783. The molecule has 3 atom stereocenters. The van der Waals surface area contributed by atoms with Crippen LogP contribution in [0.25, 0.3) is 0 Å². The number of hydrogen-bond donors (Lipinski definition) is 2. The first kappa shape index (κ1) is 22.0. The molecule has 0 aromatic carbocycles. The number of carboxylic acid groups (broad SMARTS) is 1. The highest BCUT2D eigenvalue weighted by atomic mass is 19.4. The lowest BCUT2D eigenvalue weighted by Crippen LogP contribution is -2.61. The second-order valence-corrected chi connectivity index (χ2v) is 6.60. The van der Waals surface area contributed by atoms with Gasteiger partial charge in [0.05, 0.1) is 30.1 Å². The van der Waals surface area contributed by atoms with Crippen LogP contribution in [-0.2, 0) is 9.53 Å². The number of nitrogens with one attached hydrogen (secondary N) is 1. The Labute approximate surface area is 160 Å². The molecule has 11 heteroatoms. The van der Waals surface area contributed by atoms with Crippen LogP contribution in [0.15, 0.2) is 18.5 Å². The molecule has 2 N–H and O–H groups in total. The summed E-state index contributed by atoms with van der Waals surface area (Å²) in [5, 5.41) is 17.7. The van der Waals surface area contributed by atoms with E-state index in [2.05, 4.69) is 27.3 Å². The van der Waals surface area contributed by atoms with E-state index < -0.39 is 12.1 Å². The highest BCUT2D eigenvalue weighted by molar-refractivity contribution is 5.94. The molecule has 2 aliphatic heterocycles. The fraction of sp³-hybridized carbons (Fsp3) is 0.647. The maximum Gasteiger partial charge on any atom is 0.490 e. The van der Waals surface area contributed by atoms with Gasteiger partial charge in [0.1, 0.15) is 0 Å². The number of aliphatic carboxylic acids is 1. The number of nitrogens with zero attached hydrogens (tertiary/aromatic N) is 3. The molecule has 0 saturated carbocycles. The van der Waals surface area contributed by atoms with Crippen LogP contribution < -0.4 is 5.32 Å². The van der Waals surface area contributed by atoms with Crippen LogP contribution in [0, 0.1) is 5.92 Å². The van der Waals surface area contributed by atoms with Gasteiger partial charge >= 0.3 is 12.1 Å². The highest BCUT2D eigenvalue weighted by Gasteiger charge is 2.39. The standard InChI is InChI=1S/C15H22N4O2.C2HF3O2/c1-2-19-9-12-4-3-7-21-14(12)13(10-19)18-15(20)11-5-6-16-17-8-11;3-2(4,5)1(6)7/h5-6,8,12-14H,2-4,7,9-10H2,1H3,(H,18,20);(H,6,7)/t12-,13+,14-;/m0./s1. The SMILES string of the molecule is CCN1C[C@@H]2CCCO[C@@H]2[C@H](NC(=O)c2ccnnc2)C1.O=C(O)C(F)(F)F. The summed E-state index contributed by atoms with van der Waals surface area (Å²) in [7, 11) is 0. The number of ether oxygens (including phenoxy) is 1. The fourth-order valence-electron chi connectivity index (χ4n) is 3.36. The summed E-state index contributed by atoms with van der Waals surface area (Å²) in [6.45, 7) is 5.89. The average molecular weight is 404 g/mol. The summed E-state index contributed by atoms with van der Waals surface area (Å²) < 4.78 is 37.7. The van der Waals surface area contributed by atoms with E-state index in [0.717, 1.165) is 32.7 Å². The zero-order valence-corrected chi connectivity index (χ0v) is 15.4. The maximum absolute atomic E-state index is 12.3. The topological polar surface area (TPSA) is 105 Å². The number of carbonyl (C=O) groups is 2. The molecule has 8 nitrogen and oxygen atoms in total. The van der Waals surface area contributed by atoms with Crippen molar-refractivity contribution < 1.29 is 32.6 Å². The van der Waals surface area contributed by atoms with Crippen LogP contribution in [0.1, 0.15) is 30.1 Å². The molecule has 2 fully saturated rings. The third-order valence-corrected chi connectivity index (χ3v) is 4.69. The molecule has 3 rings (SSSR count). The second-order valence-electron chi connectivity index (χ2n) is 6.60. The van der Waals surface area contributed by atoms with Crippen molar-refractivity contribution in [3.63, 3.8) is 0 Å². The van der Waals surface area contributed by atoms with E-state index >= 15 is 0 Å². The number of carbonyl (C=O) groups excluding carboxylic acids is 1. The highest BCUT2D eigenvalue weighted by Crippen LogP contribution is 2.28. The van der Waals surface area contributed by atoms with Crippen LogP contribution in [0.4, 0.5) is 13.2 Å². The minimum absolute atomic E-state index is 0.0460. The summed E-state index contributed by atoms with van der Waals surface area (Å²) >= 11 is 0. The molecule has 0 aliphatic carbocycles. The average Bonchev–Trinajstić information content (AvgIpc) is 2.68. The molecule has 2 aliphatic rings. The monoisotopic (exact) mass is 404 g/mol. The number of piperidine rings is 1. The number of likely N-dealkylation sites (N-methyl/N-ethyl adjacent to an activating group) is 1. The van der Waals surface area contributed by atoms with E-state index in [9.17, 15) is 18.0 Å². The van der Waals surface area contributed by atoms with Crippen molar-refractivity contribution in [1.29, 1.82) is 0 Å². The summed E-state index contributed by atoms with van der Waals surface area (Å²) in [4.78, 5) is 23.6. The zero-order chi connectivity index (χ0) is 20.7. The molecule has 0 spiro atoms. The van der Waals surface area contributed by atoms with Gasteiger partial charge in [-0.3, -0.25) is 4.79 Å². The molecular formula is C17H23F3N4O4. The number of fused-ring (bicyclic) bond motifs is 1. The van der Waals surface area contributed by atoms with Gasteiger partial charge < -0.3 is 20.1 Å². The molecular weight excluding hydrogens is 381 g/mol. The summed E-state index contributed by atoms with van der Waals surface area (Å²) in [5.41, 5.74) is 0.547. The van der Waals surface area contributed by atoms with Gasteiger partial charge in [0.2, 0.25) is 0 Å². The molecule has 0 bridgehead atoms. The number of amides is 1. The Morgan fingerprint density at radius 3 is 2.64 bits per heavy atom. The Morgan fingerprint density at radius 2 is 2.07 bits per heavy atom. The van der Waals surface area contributed by atoms with Crippen molar-refractivity contribution in [2.24, 2.45) is 5.92 Å². The van der Waals surface area contributed by atoms with Crippen LogP contribution >= 0.6 is 0 Å². The minimum Gasteiger partial charge on any atom is -0.475 e. The van der Waals surface area contributed by atoms with Gasteiger partial charge in [-0.1, -0.05) is 6.92 Å². The van der Waals surface area contributed by atoms with Crippen LogP contribution in [0.5, 0.6) is 0 Å². The number of rotatable bonds is 3. The normalized spacial score (nSPS) is 25.1. The van der Waals surface area contributed by atoms with Crippen molar-refractivity contribution >= 4 is 11.9 Å². The number of aromatic nitrogens is 2. The fourth-order valence-corrected chi connectivity index (χ4v) is 3.36. The van der Waals surface area contributed by atoms with Crippen molar-refractivity contribution in [3.05, 3.63) is 24.0 Å². The van der Waals surface area contributed by atoms with E-state index in [1.165, 1.54) is 18.8 Å². The Hall–Kier alpha value is -2.27. The summed E-state index contributed by atoms with van der Waals surface area (Å²) in [6, 6.07) is 1.73. The molecule has 2 saturated heterocycles. The zero-order valence-electron chi connectivity index (χ0n) is 15.4. The van der Waals surface area contributed by atoms with Crippen LogP contribution in [-0.4, -0.2) is 76.6 Å². The molecule has 0 radical (unpaired) electrons. The molecule has 3 heterocycles. The molecule has 1 aromatic rings. The van der Waals surface area contributed by atoms with E-state index in [4.69, 9.17) is 14.6 Å². The molecule has 0 unspecified atom stereocenters. The molecule has 28 heavy (non-hydrogen) atoms.